The van der Waals surface area contributed by atoms with Crippen molar-refractivity contribution in [3.05, 3.63) is 16.5 Å². The summed E-state index contributed by atoms with van der Waals surface area (Å²) in [6.07, 6.45) is 0. The summed E-state index contributed by atoms with van der Waals surface area (Å²) in [5, 5.41) is 1.57. The Bertz CT molecular complexity index is 413. The largest absolute Gasteiger partial charge is 0.309 e. The Morgan fingerprint density at radius 1 is 1.22 bits per heavy atom. The lowest BCUT2D eigenvalue weighted by Gasteiger charge is -2.19. The minimum Gasteiger partial charge on any atom is -0.309 e. The first-order valence-electron chi connectivity index (χ1n) is 6.04. The zero-order valence-electron chi connectivity index (χ0n) is 12.0. The Labute approximate surface area is 119 Å². The van der Waals surface area contributed by atoms with E-state index in [1.807, 2.05) is 6.92 Å². The maximum absolute atomic E-state index is 6.19. The molecule has 0 spiro atoms. The van der Waals surface area contributed by atoms with Gasteiger partial charge in [0.05, 0.1) is 0 Å². The molecule has 0 radical (unpaired) electrons. The SMILES string of the molecule is Cc1c(Cl)nc(C(C)(C)C)nc1SCCN(C)C. The lowest BCUT2D eigenvalue weighted by molar-refractivity contribution is 0.437. The Morgan fingerprint density at radius 2 is 1.83 bits per heavy atom. The highest BCUT2D eigenvalue weighted by Gasteiger charge is 2.20. The zero-order valence-corrected chi connectivity index (χ0v) is 13.6. The number of hydrogen-bond donors (Lipinski definition) is 0. The fraction of sp³-hybridized carbons (Fsp3) is 0.692. The third kappa shape index (κ3) is 4.41. The molecule has 1 rings (SSSR count). The van der Waals surface area contributed by atoms with Crippen LogP contribution >= 0.6 is 23.4 Å². The molecule has 3 nitrogen and oxygen atoms in total. The third-order valence-corrected chi connectivity index (χ3v) is 3.92. The van der Waals surface area contributed by atoms with Gasteiger partial charge in [0.1, 0.15) is 16.0 Å². The molecule has 0 saturated heterocycles. The van der Waals surface area contributed by atoms with Gasteiger partial charge in [0, 0.05) is 23.3 Å². The van der Waals surface area contributed by atoms with Gasteiger partial charge in [-0.25, -0.2) is 9.97 Å². The van der Waals surface area contributed by atoms with Crippen LogP contribution in [0.3, 0.4) is 0 Å². The maximum Gasteiger partial charge on any atom is 0.136 e. The van der Waals surface area contributed by atoms with Crippen LogP contribution in [-0.2, 0) is 5.41 Å². The van der Waals surface area contributed by atoms with E-state index in [0.29, 0.717) is 5.15 Å². The van der Waals surface area contributed by atoms with E-state index in [-0.39, 0.29) is 5.41 Å². The van der Waals surface area contributed by atoms with Gasteiger partial charge in [-0.15, -0.1) is 11.8 Å². The van der Waals surface area contributed by atoms with E-state index in [0.717, 1.165) is 28.7 Å². The van der Waals surface area contributed by atoms with Crippen LogP contribution in [-0.4, -0.2) is 41.3 Å². The number of aromatic nitrogens is 2. The van der Waals surface area contributed by atoms with Gasteiger partial charge in [0.15, 0.2) is 0 Å². The second-order valence-corrected chi connectivity index (χ2v) is 7.11. The normalized spacial score (nSPS) is 12.2. The molecule has 5 heteroatoms. The smallest absolute Gasteiger partial charge is 0.136 e. The van der Waals surface area contributed by atoms with Crippen LogP contribution < -0.4 is 0 Å². The average Bonchev–Trinajstić information content (AvgIpc) is 2.22. The fourth-order valence-electron chi connectivity index (χ4n) is 1.27. The van der Waals surface area contributed by atoms with E-state index in [9.17, 15) is 0 Å². The molecule has 1 heterocycles. The number of halogens is 1. The van der Waals surface area contributed by atoms with Crippen molar-refractivity contribution < 1.29 is 0 Å². The summed E-state index contributed by atoms with van der Waals surface area (Å²) in [6.45, 7) is 9.30. The molecule has 0 saturated carbocycles. The monoisotopic (exact) mass is 287 g/mol. The van der Waals surface area contributed by atoms with Crippen molar-refractivity contribution >= 4 is 23.4 Å². The molecule has 1 aromatic heterocycles. The standard InChI is InChI=1S/C13H22ClN3S/c1-9-10(14)15-12(13(2,3)4)16-11(9)18-8-7-17(5)6/h7-8H2,1-6H3. The lowest BCUT2D eigenvalue weighted by atomic mass is 9.96. The van der Waals surface area contributed by atoms with Gasteiger partial charge >= 0.3 is 0 Å². The first-order valence-corrected chi connectivity index (χ1v) is 7.40. The van der Waals surface area contributed by atoms with Crippen molar-refractivity contribution in [3.8, 4) is 0 Å². The molecule has 1 aromatic rings. The summed E-state index contributed by atoms with van der Waals surface area (Å²) in [5.74, 6) is 1.82. The zero-order chi connectivity index (χ0) is 13.9. The molecule has 18 heavy (non-hydrogen) atoms. The summed E-state index contributed by atoms with van der Waals surface area (Å²) < 4.78 is 0. The topological polar surface area (TPSA) is 29.0 Å². The van der Waals surface area contributed by atoms with E-state index in [1.165, 1.54) is 0 Å². The van der Waals surface area contributed by atoms with Gasteiger partial charge in [0.25, 0.3) is 0 Å². The van der Waals surface area contributed by atoms with Crippen LogP contribution in [0, 0.1) is 6.92 Å². The van der Waals surface area contributed by atoms with Crippen LogP contribution in [0.4, 0.5) is 0 Å². The van der Waals surface area contributed by atoms with Gasteiger partial charge in [-0.1, -0.05) is 32.4 Å². The maximum atomic E-state index is 6.19. The Kier molecular flexibility index (Phi) is 5.44. The molecule has 0 aliphatic heterocycles. The van der Waals surface area contributed by atoms with Gasteiger partial charge in [-0.05, 0) is 21.0 Å². The minimum atomic E-state index is -0.0752. The predicted octanol–water partition coefficient (Wildman–Crippen LogP) is 3.39. The van der Waals surface area contributed by atoms with Crippen LogP contribution in [0.25, 0.3) is 0 Å². The van der Waals surface area contributed by atoms with E-state index in [1.54, 1.807) is 11.8 Å². The fourth-order valence-corrected chi connectivity index (χ4v) is 2.61. The quantitative estimate of drug-likeness (QED) is 0.627. The highest BCUT2D eigenvalue weighted by molar-refractivity contribution is 7.99. The van der Waals surface area contributed by atoms with Crippen LogP contribution in [0.2, 0.25) is 5.15 Å². The van der Waals surface area contributed by atoms with Gasteiger partial charge < -0.3 is 4.90 Å². The van der Waals surface area contributed by atoms with Crippen molar-refractivity contribution in [2.45, 2.75) is 38.1 Å². The van der Waals surface area contributed by atoms with Gasteiger partial charge in [-0.3, -0.25) is 0 Å². The van der Waals surface area contributed by atoms with Gasteiger partial charge in [0.2, 0.25) is 0 Å². The number of nitrogens with zero attached hydrogens (tertiary/aromatic N) is 3. The highest BCUT2D eigenvalue weighted by atomic mass is 35.5. The first kappa shape index (κ1) is 15.7. The van der Waals surface area contributed by atoms with Crippen LogP contribution in [0.1, 0.15) is 32.2 Å². The first-order chi connectivity index (χ1) is 8.21. The molecule has 0 unspecified atom stereocenters. The van der Waals surface area contributed by atoms with Crippen molar-refractivity contribution in [1.82, 2.24) is 14.9 Å². The molecular formula is C13H22ClN3S. The summed E-state index contributed by atoms with van der Waals surface area (Å²) in [7, 11) is 4.14. The molecule has 0 aliphatic carbocycles. The van der Waals surface area contributed by atoms with Gasteiger partial charge in [-0.2, -0.15) is 0 Å². The predicted molar refractivity (Wildman–Crippen MR) is 79.8 cm³/mol. The Morgan fingerprint density at radius 3 is 2.33 bits per heavy atom. The average molecular weight is 288 g/mol. The van der Waals surface area contributed by atoms with Crippen molar-refractivity contribution in [1.29, 1.82) is 0 Å². The number of hydrogen-bond acceptors (Lipinski definition) is 4. The third-order valence-electron chi connectivity index (χ3n) is 2.49. The van der Waals surface area contributed by atoms with E-state index >= 15 is 0 Å². The van der Waals surface area contributed by atoms with Crippen LogP contribution in [0.5, 0.6) is 0 Å². The molecule has 0 fully saturated rings. The summed E-state index contributed by atoms with van der Waals surface area (Å²) >= 11 is 7.93. The molecule has 0 bridgehead atoms. The Hall–Kier alpha value is -0.320. The molecule has 0 amide bonds. The molecular weight excluding hydrogens is 266 g/mol. The van der Waals surface area contributed by atoms with E-state index < -0.39 is 0 Å². The Balaban J connectivity index is 2.93. The molecule has 0 atom stereocenters. The minimum absolute atomic E-state index is 0.0752. The molecule has 0 aliphatic rings. The molecule has 0 N–H and O–H groups in total. The summed E-state index contributed by atoms with van der Waals surface area (Å²) in [4.78, 5) is 11.2. The second-order valence-electron chi connectivity index (χ2n) is 5.67. The van der Waals surface area contributed by atoms with Crippen LogP contribution in [0.15, 0.2) is 5.03 Å². The highest BCUT2D eigenvalue weighted by Crippen LogP contribution is 2.28. The summed E-state index contributed by atoms with van der Waals surface area (Å²) in [5.41, 5.74) is 0.905. The van der Waals surface area contributed by atoms with Crippen molar-refractivity contribution in [3.63, 3.8) is 0 Å². The van der Waals surface area contributed by atoms with E-state index in [4.69, 9.17) is 11.6 Å². The summed E-state index contributed by atoms with van der Waals surface area (Å²) in [6, 6.07) is 0. The number of rotatable bonds is 4. The second kappa shape index (κ2) is 6.22. The number of thioether (sulfide) groups is 1. The van der Waals surface area contributed by atoms with E-state index in [2.05, 4.69) is 49.7 Å². The van der Waals surface area contributed by atoms with Crippen molar-refractivity contribution in [2.75, 3.05) is 26.4 Å². The molecule has 0 aromatic carbocycles. The van der Waals surface area contributed by atoms with Crippen molar-refractivity contribution in [2.24, 2.45) is 0 Å². The molecule has 102 valence electrons. The lowest BCUT2D eigenvalue weighted by Crippen LogP contribution is -2.18.